The molecule has 0 radical (unpaired) electrons. The van der Waals surface area contributed by atoms with Crippen molar-refractivity contribution in [2.24, 2.45) is 0 Å². The predicted molar refractivity (Wildman–Crippen MR) is 94.2 cm³/mol. The Balaban J connectivity index is 2.08. The summed E-state index contributed by atoms with van der Waals surface area (Å²) in [6, 6.07) is 9.35. The van der Waals surface area contributed by atoms with Crippen molar-refractivity contribution in [1.82, 2.24) is 0 Å². The van der Waals surface area contributed by atoms with Crippen LogP contribution in [0.2, 0.25) is 0 Å². The van der Waals surface area contributed by atoms with Gasteiger partial charge in [0.05, 0.1) is 37.6 Å². The van der Waals surface area contributed by atoms with Gasteiger partial charge in [-0.15, -0.1) is 0 Å². The molecule has 0 aromatic heterocycles. The third-order valence-electron chi connectivity index (χ3n) is 4.33. The molecule has 30 heavy (non-hydrogen) atoms. The van der Waals surface area contributed by atoms with Crippen LogP contribution in [-0.4, -0.2) is 35.6 Å². The van der Waals surface area contributed by atoms with Crippen LogP contribution in [0.15, 0.2) is 48.5 Å². The number of alkyl halides is 6. The lowest BCUT2D eigenvalue weighted by Gasteiger charge is -2.26. The van der Waals surface area contributed by atoms with Crippen molar-refractivity contribution >= 4 is 0 Å². The number of hydrogen-bond donors (Lipinski definition) is 2. The Morgan fingerprint density at radius 1 is 0.633 bits per heavy atom. The molecule has 2 aromatic carbocycles. The van der Waals surface area contributed by atoms with E-state index >= 15 is 0 Å². The highest BCUT2D eigenvalue weighted by atomic mass is 19.4. The van der Waals surface area contributed by atoms with Crippen molar-refractivity contribution in [2.75, 3.05) is 13.2 Å². The van der Waals surface area contributed by atoms with Gasteiger partial charge in [-0.25, -0.2) is 0 Å². The lowest BCUT2D eigenvalue weighted by Crippen LogP contribution is -2.37. The lowest BCUT2D eigenvalue weighted by atomic mass is 10.1. The van der Waals surface area contributed by atoms with Gasteiger partial charge in [-0.1, -0.05) is 36.4 Å². The summed E-state index contributed by atoms with van der Waals surface area (Å²) in [6.45, 7) is -2.53. The van der Waals surface area contributed by atoms with Crippen LogP contribution in [0, 0.1) is 0 Å². The summed E-state index contributed by atoms with van der Waals surface area (Å²) in [6.07, 6.45) is -11.7. The van der Waals surface area contributed by atoms with E-state index in [-0.39, 0.29) is 11.1 Å². The van der Waals surface area contributed by atoms with E-state index in [0.29, 0.717) is 0 Å². The van der Waals surface area contributed by atoms with E-state index < -0.39 is 62.1 Å². The average Bonchev–Trinajstić information content (AvgIpc) is 2.69. The Kier molecular flexibility index (Phi) is 8.25. The Morgan fingerprint density at radius 2 is 0.967 bits per heavy atom. The smallest absolute Gasteiger partial charge is 0.394 e. The third-order valence-corrected chi connectivity index (χ3v) is 4.33. The molecule has 0 saturated heterocycles. The Morgan fingerprint density at radius 3 is 1.27 bits per heavy atom. The van der Waals surface area contributed by atoms with Crippen LogP contribution in [-0.2, 0) is 35.0 Å². The number of aliphatic hydroxyl groups is 2. The van der Waals surface area contributed by atoms with Crippen molar-refractivity contribution in [3.63, 3.8) is 0 Å². The van der Waals surface area contributed by atoms with Crippen LogP contribution in [0.3, 0.4) is 0 Å². The number of halogens is 6. The number of hydrogen-bond acceptors (Lipinski definition) is 4. The van der Waals surface area contributed by atoms with Gasteiger partial charge in [0, 0.05) is 0 Å². The molecule has 0 unspecified atom stereocenters. The normalized spacial score (nSPS) is 14.5. The van der Waals surface area contributed by atoms with Crippen molar-refractivity contribution < 1.29 is 46.0 Å². The quantitative estimate of drug-likeness (QED) is 0.577. The molecule has 166 valence electrons. The van der Waals surface area contributed by atoms with E-state index in [2.05, 4.69) is 0 Å². The number of rotatable bonds is 9. The zero-order valence-electron chi connectivity index (χ0n) is 15.6. The van der Waals surface area contributed by atoms with Crippen LogP contribution in [0.1, 0.15) is 22.3 Å². The lowest BCUT2D eigenvalue weighted by molar-refractivity contribution is -0.144. The van der Waals surface area contributed by atoms with Gasteiger partial charge in [-0.05, 0) is 23.3 Å². The van der Waals surface area contributed by atoms with E-state index in [4.69, 9.17) is 9.47 Å². The topological polar surface area (TPSA) is 58.9 Å². The van der Waals surface area contributed by atoms with Gasteiger partial charge in [-0.2, -0.15) is 26.3 Å². The first-order chi connectivity index (χ1) is 14.1. The molecule has 0 aliphatic rings. The minimum atomic E-state index is -4.61. The first kappa shape index (κ1) is 24.1. The van der Waals surface area contributed by atoms with E-state index in [9.17, 15) is 36.6 Å². The molecule has 0 aliphatic heterocycles. The molecular formula is C20H20F6O4. The second-order valence-corrected chi connectivity index (χ2v) is 6.37. The Labute approximate surface area is 168 Å². The van der Waals surface area contributed by atoms with E-state index in [1.807, 2.05) is 0 Å². The molecule has 0 amide bonds. The SMILES string of the molecule is OC[C@H](OCc1ccccc1C(F)(F)F)[C@H](CO)OCc1ccccc1C(F)(F)F. The zero-order chi connectivity index (χ0) is 22.4. The predicted octanol–water partition coefficient (Wildman–Crippen LogP) is 4.18. The maximum atomic E-state index is 13.1. The number of aliphatic hydroxyl groups excluding tert-OH is 2. The van der Waals surface area contributed by atoms with Gasteiger partial charge in [-0.3, -0.25) is 0 Å². The molecule has 0 spiro atoms. The Bertz CT molecular complexity index is 739. The van der Waals surface area contributed by atoms with Crippen LogP contribution in [0.25, 0.3) is 0 Å². The number of ether oxygens (including phenoxy) is 2. The average molecular weight is 438 g/mol. The van der Waals surface area contributed by atoms with E-state index in [1.165, 1.54) is 36.4 Å². The molecule has 0 heterocycles. The van der Waals surface area contributed by atoms with Gasteiger partial charge in [0.1, 0.15) is 12.2 Å². The Hall–Kier alpha value is -2.14. The molecule has 10 heteroatoms. The zero-order valence-corrected chi connectivity index (χ0v) is 15.6. The summed E-state index contributed by atoms with van der Waals surface area (Å²) in [7, 11) is 0. The van der Waals surface area contributed by atoms with E-state index in [1.54, 1.807) is 0 Å². The molecule has 0 aliphatic carbocycles. The molecular weight excluding hydrogens is 418 g/mol. The summed E-state index contributed by atoms with van der Waals surface area (Å²) in [4.78, 5) is 0. The fraction of sp³-hybridized carbons (Fsp3) is 0.400. The molecule has 2 rings (SSSR count). The summed E-state index contributed by atoms with van der Waals surface area (Å²) < 4.78 is 89.0. The minimum absolute atomic E-state index is 0.192. The van der Waals surface area contributed by atoms with Crippen LogP contribution in [0.5, 0.6) is 0 Å². The van der Waals surface area contributed by atoms with Gasteiger partial charge in [0.25, 0.3) is 0 Å². The minimum Gasteiger partial charge on any atom is -0.394 e. The van der Waals surface area contributed by atoms with E-state index in [0.717, 1.165) is 12.1 Å². The highest BCUT2D eigenvalue weighted by molar-refractivity contribution is 5.29. The van der Waals surface area contributed by atoms with Crippen LogP contribution in [0.4, 0.5) is 26.3 Å². The van der Waals surface area contributed by atoms with Crippen LogP contribution >= 0.6 is 0 Å². The second-order valence-electron chi connectivity index (χ2n) is 6.37. The van der Waals surface area contributed by atoms with Gasteiger partial charge in [0.2, 0.25) is 0 Å². The summed E-state index contributed by atoms with van der Waals surface area (Å²) in [5.41, 5.74) is -2.21. The highest BCUT2D eigenvalue weighted by Gasteiger charge is 2.34. The molecule has 2 aromatic rings. The fourth-order valence-electron chi connectivity index (χ4n) is 2.79. The standard InChI is InChI=1S/C20H20F6O4/c21-19(22,23)15-7-3-1-5-13(15)11-29-17(9-27)18(10-28)30-12-14-6-2-4-8-16(14)20(24,25)26/h1-8,17-18,27-28H,9-12H2/t17-,18-/m0/s1. The highest BCUT2D eigenvalue weighted by Crippen LogP contribution is 2.33. The fourth-order valence-corrected chi connectivity index (χ4v) is 2.79. The molecule has 2 atom stereocenters. The summed E-state index contributed by atoms with van der Waals surface area (Å²) >= 11 is 0. The summed E-state index contributed by atoms with van der Waals surface area (Å²) in [5.74, 6) is 0. The van der Waals surface area contributed by atoms with Crippen molar-refractivity contribution in [1.29, 1.82) is 0 Å². The number of benzene rings is 2. The third kappa shape index (κ3) is 6.43. The van der Waals surface area contributed by atoms with Gasteiger partial charge < -0.3 is 19.7 Å². The maximum Gasteiger partial charge on any atom is 0.416 e. The molecule has 0 saturated carbocycles. The first-order valence-electron chi connectivity index (χ1n) is 8.83. The van der Waals surface area contributed by atoms with Crippen molar-refractivity contribution in [3.8, 4) is 0 Å². The summed E-state index contributed by atoms with van der Waals surface area (Å²) in [5, 5.41) is 19.0. The second kappa shape index (κ2) is 10.3. The molecule has 0 bridgehead atoms. The molecule has 2 N–H and O–H groups in total. The molecule has 0 fully saturated rings. The van der Waals surface area contributed by atoms with Gasteiger partial charge >= 0.3 is 12.4 Å². The van der Waals surface area contributed by atoms with Crippen LogP contribution < -0.4 is 0 Å². The molecule has 4 nitrogen and oxygen atoms in total. The van der Waals surface area contributed by atoms with Crippen molar-refractivity contribution in [2.45, 2.75) is 37.8 Å². The maximum absolute atomic E-state index is 13.1. The largest absolute Gasteiger partial charge is 0.416 e. The van der Waals surface area contributed by atoms with Gasteiger partial charge in [0.15, 0.2) is 0 Å². The van der Waals surface area contributed by atoms with Crippen molar-refractivity contribution in [3.05, 3.63) is 70.8 Å². The monoisotopic (exact) mass is 438 g/mol. The first-order valence-corrected chi connectivity index (χ1v) is 8.83.